The molecular formula is C18H23N3O3S. The largest absolute Gasteiger partial charge is 0.278 e. The third-order valence-corrected chi connectivity index (χ3v) is 6.78. The van der Waals surface area contributed by atoms with Crippen molar-refractivity contribution >= 4 is 15.9 Å². The first-order valence-corrected chi connectivity index (χ1v) is 9.94. The molecule has 6 nitrogen and oxygen atoms in total. The zero-order valence-corrected chi connectivity index (χ0v) is 15.6. The Morgan fingerprint density at radius 3 is 2.20 bits per heavy atom. The van der Waals surface area contributed by atoms with E-state index in [1.807, 2.05) is 19.1 Å². The van der Waals surface area contributed by atoms with Gasteiger partial charge in [-0.05, 0) is 45.7 Å². The fraction of sp³-hybridized carbons (Fsp3) is 0.444. The van der Waals surface area contributed by atoms with Crippen LogP contribution in [-0.2, 0) is 10.0 Å². The number of piperidine rings is 1. The van der Waals surface area contributed by atoms with Crippen LogP contribution in [0.3, 0.4) is 0 Å². The summed E-state index contributed by atoms with van der Waals surface area (Å²) in [6, 6.07) is 7.16. The van der Waals surface area contributed by atoms with E-state index in [1.165, 1.54) is 8.99 Å². The molecule has 7 heteroatoms. The summed E-state index contributed by atoms with van der Waals surface area (Å²) in [4.78, 5) is 12.9. The summed E-state index contributed by atoms with van der Waals surface area (Å²) in [5, 5.41) is 4.23. The van der Waals surface area contributed by atoms with Gasteiger partial charge in [-0.3, -0.25) is 4.79 Å². The topological polar surface area (TPSA) is 72.3 Å². The minimum atomic E-state index is -3.63. The predicted octanol–water partition coefficient (Wildman–Crippen LogP) is 2.67. The van der Waals surface area contributed by atoms with Gasteiger partial charge in [0.15, 0.2) is 0 Å². The lowest BCUT2D eigenvalue weighted by atomic mass is 10.1. The minimum absolute atomic E-state index is 0.162. The first-order valence-electron chi connectivity index (χ1n) is 8.50. The van der Waals surface area contributed by atoms with Crippen molar-refractivity contribution in [2.45, 2.75) is 44.9 Å². The van der Waals surface area contributed by atoms with Crippen LogP contribution < -0.4 is 0 Å². The molecular weight excluding hydrogens is 338 g/mol. The van der Waals surface area contributed by atoms with Crippen molar-refractivity contribution in [3.63, 3.8) is 0 Å². The van der Waals surface area contributed by atoms with Gasteiger partial charge in [0.1, 0.15) is 4.90 Å². The highest BCUT2D eigenvalue weighted by molar-refractivity contribution is 7.89. The zero-order valence-electron chi connectivity index (χ0n) is 14.8. The zero-order chi connectivity index (χ0) is 18.2. The Hall–Kier alpha value is -1.99. The summed E-state index contributed by atoms with van der Waals surface area (Å²) in [5.74, 6) is -0.319. The molecule has 1 aliphatic heterocycles. The number of carbonyl (C=O) groups excluding carboxylic acids is 1. The van der Waals surface area contributed by atoms with Crippen LogP contribution in [0.25, 0.3) is 0 Å². The molecule has 0 radical (unpaired) electrons. The molecule has 0 atom stereocenters. The fourth-order valence-corrected chi connectivity index (χ4v) is 5.12. The van der Waals surface area contributed by atoms with Crippen molar-refractivity contribution < 1.29 is 13.2 Å². The van der Waals surface area contributed by atoms with Gasteiger partial charge in [0.25, 0.3) is 5.91 Å². The van der Waals surface area contributed by atoms with E-state index in [0.717, 1.165) is 24.8 Å². The lowest BCUT2D eigenvalue weighted by Crippen LogP contribution is -2.36. The van der Waals surface area contributed by atoms with Gasteiger partial charge < -0.3 is 0 Å². The van der Waals surface area contributed by atoms with Crippen LogP contribution in [0, 0.1) is 20.8 Å². The SMILES string of the molecule is Cc1ccc(C(=O)n2nc(C)c(S(=O)(=O)N3CCCCC3)c2C)cc1. The average molecular weight is 361 g/mol. The van der Waals surface area contributed by atoms with Gasteiger partial charge >= 0.3 is 0 Å². The van der Waals surface area contributed by atoms with Crippen LogP contribution in [0.4, 0.5) is 0 Å². The summed E-state index contributed by atoms with van der Waals surface area (Å²) < 4.78 is 28.7. The number of rotatable bonds is 3. The summed E-state index contributed by atoms with van der Waals surface area (Å²) >= 11 is 0. The van der Waals surface area contributed by atoms with Gasteiger partial charge in [-0.25, -0.2) is 8.42 Å². The molecule has 0 amide bonds. The molecule has 1 saturated heterocycles. The highest BCUT2D eigenvalue weighted by atomic mass is 32.2. The van der Waals surface area contributed by atoms with Gasteiger partial charge in [-0.15, -0.1) is 0 Å². The first-order chi connectivity index (χ1) is 11.8. The summed E-state index contributed by atoms with van der Waals surface area (Å²) in [6.07, 6.45) is 2.79. The Morgan fingerprint density at radius 2 is 1.60 bits per heavy atom. The smallest absolute Gasteiger partial charge is 0.267 e. The second-order valence-electron chi connectivity index (χ2n) is 6.55. The number of sulfonamides is 1. The van der Waals surface area contributed by atoms with Crippen molar-refractivity contribution in [3.05, 3.63) is 46.8 Å². The van der Waals surface area contributed by atoms with Crippen molar-refractivity contribution in [2.24, 2.45) is 0 Å². The maximum atomic E-state index is 13.0. The molecule has 2 aromatic rings. The maximum absolute atomic E-state index is 13.0. The Kier molecular flexibility index (Phi) is 4.79. The van der Waals surface area contributed by atoms with Crippen molar-refractivity contribution in [3.8, 4) is 0 Å². The van der Waals surface area contributed by atoms with Gasteiger partial charge in [0.05, 0.1) is 11.4 Å². The second-order valence-corrected chi connectivity index (χ2v) is 8.42. The number of carbonyl (C=O) groups is 1. The van der Waals surface area contributed by atoms with E-state index in [4.69, 9.17) is 0 Å². The average Bonchev–Trinajstić information content (AvgIpc) is 2.90. The Balaban J connectivity index is 2.01. The number of benzene rings is 1. The Labute approximate surface area is 148 Å². The summed E-state index contributed by atoms with van der Waals surface area (Å²) in [5.41, 5.74) is 2.27. The molecule has 1 aromatic carbocycles. The van der Waals surface area contributed by atoms with Crippen molar-refractivity contribution in [1.82, 2.24) is 14.1 Å². The molecule has 3 rings (SSSR count). The molecule has 1 fully saturated rings. The Morgan fingerprint density at radius 1 is 1.00 bits per heavy atom. The van der Waals surface area contributed by atoms with Crippen molar-refractivity contribution in [2.75, 3.05) is 13.1 Å². The predicted molar refractivity (Wildman–Crippen MR) is 95.2 cm³/mol. The molecule has 2 heterocycles. The third kappa shape index (κ3) is 3.26. The standard InChI is InChI=1S/C18H23N3O3S/c1-13-7-9-16(10-8-13)18(22)21-15(3)17(14(2)19-21)25(23,24)20-11-5-4-6-12-20/h7-10H,4-6,11-12H2,1-3H3. The molecule has 134 valence electrons. The molecule has 0 unspecified atom stereocenters. The van der Waals surface area contributed by atoms with Crippen molar-refractivity contribution in [1.29, 1.82) is 0 Å². The minimum Gasteiger partial charge on any atom is -0.267 e. The third-order valence-electron chi connectivity index (χ3n) is 4.63. The van der Waals surface area contributed by atoms with E-state index < -0.39 is 10.0 Å². The normalized spacial score (nSPS) is 16.1. The van der Waals surface area contributed by atoms with E-state index >= 15 is 0 Å². The van der Waals surface area contributed by atoms with E-state index in [9.17, 15) is 13.2 Å². The molecule has 0 saturated carbocycles. The molecule has 0 bridgehead atoms. The maximum Gasteiger partial charge on any atom is 0.278 e. The molecule has 0 spiro atoms. The number of aromatic nitrogens is 2. The number of hydrogen-bond acceptors (Lipinski definition) is 4. The Bertz CT molecular complexity index is 892. The monoisotopic (exact) mass is 361 g/mol. The highest BCUT2D eigenvalue weighted by Gasteiger charge is 2.32. The molecule has 0 N–H and O–H groups in total. The number of nitrogens with zero attached hydrogens (tertiary/aromatic N) is 3. The van der Waals surface area contributed by atoms with Crippen LogP contribution in [0.2, 0.25) is 0 Å². The van der Waals surface area contributed by atoms with Crippen LogP contribution in [-0.4, -0.2) is 41.5 Å². The van der Waals surface area contributed by atoms with Crippen LogP contribution in [0.15, 0.2) is 29.2 Å². The number of hydrogen-bond donors (Lipinski definition) is 0. The van der Waals surface area contributed by atoms with Gasteiger partial charge in [-0.2, -0.15) is 14.1 Å². The van der Waals surface area contributed by atoms with Gasteiger partial charge in [0, 0.05) is 18.7 Å². The number of aryl methyl sites for hydroxylation is 2. The lowest BCUT2D eigenvalue weighted by Gasteiger charge is -2.25. The van der Waals surface area contributed by atoms with Gasteiger partial charge in [0.2, 0.25) is 10.0 Å². The molecule has 25 heavy (non-hydrogen) atoms. The fourth-order valence-electron chi connectivity index (χ4n) is 3.25. The van der Waals surface area contributed by atoms with E-state index in [-0.39, 0.29) is 10.8 Å². The van der Waals surface area contributed by atoms with Crippen LogP contribution in [0.5, 0.6) is 0 Å². The quantitative estimate of drug-likeness (QED) is 0.842. The van der Waals surface area contributed by atoms with E-state index in [2.05, 4.69) is 5.10 Å². The molecule has 0 aliphatic carbocycles. The lowest BCUT2D eigenvalue weighted by molar-refractivity contribution is 0.0942. The van der Waals surface area contributed by atoms with Crippen LogP contribution in [0.1, 0.15) is 46.6 Å². The summed E-state index contributed by atoms with van der Waals surface area (Å²) in [7, 11) is -3.63. The highest BCUT2D eigenvalue weighted by Crippen LogP contribution is 2.26. The molecule has 1 aromatic heterocycles. The second kappa shape index (κ2) is 6.72. The van der Waals surface area contributed by atoms with E-state index in [0.29, 0.717) is 30.0 Å². The molecule has 1 aliphatic rings. The van der Waals surface area contributed by atoms with E-state index in [1.54, 1.807) is 26.0 Å². The van der Waals surface area contributed by atoms with Gasteiger partial charge in [-0.1, -0.05) is 24.1 Å². The summed E-state index contributed by atoms with van der Waals surface area (Å²) in [6.45, 7) is 6.28. The van der Waals surface area contributed by atoms with Crippen LogP contribution >= 0.6 is 0 Å². The first kappa shape index (κ1) is 17.8.